The third-order valence-electron chi connectivity index (χ3n) is 2.40. The smallest absolute Gasteiger partial charge is 0.0952 e. The van der Waals surface area contributed by atoms with Crippen LogP contribution in [0, 0.1) is 0 Å². The summed E-state index contributed by atoms with van der Waals surface area (Å²) in [4.78, 5) is 4.38. The number of nitrogens with zero attached hydrogens (tertiary/aromatic N) is 2. The van der Waals surface area contributed by atoms with E-state index >= 15 is 0 Å². The van der Waals surface area contributed by atoms with Gasteiger partial charge in [0.25, 0.3) is 0 Å². The summed E-state index contributed by atoms with van der Waals surface area (Å²) in [6.45, 7) is 3.65. The lowest BCUT2D eigenvalue weighted by Crippen LogP contribution is -2.25. The van der Waals surface area contributed by atoms with Crippen LogP contribution in [-0.2, 0) is 24.2 Å². The Morgan fingerprint density at radius 3 is 3.46 bits per heavy atom. The lowest BCUT2D eigenvalue weighted by Gasteiger charge is -2.14. The van der Waals surface area contributed by atoms with Crippen molar-refractivity contribution in [3.63, 3.8) is 0 Å². The first kappa shape index (κ1) is 8.72. The first-order valence-corrected chi connectivity index (χ1v) is 4.64. The van der Waals surface area contributed by atoms with Gasteiger partial charge >= 0.3 is 0 Å². The van der Waals surface area contributed by atoms with Crippen LogP contribution in [0.4, 0.5) is 0 Å². The topological polar surface area (TPSA) is 39.1 Å². The van der Waals surface area contributed by atoms with Gasteiger partial charge in [0, 0.05) is 33.2 Å². The minimum absolute atomic E-state index is 0.753. The Hall–Kier alpha value is -0.870. The third kappa shape index (κ3) is 1.73. The number of imidazole rings is 1. The van der Waals surface area contributed by atoms with E-state index < -0.39 is 0 Å². The Balaban J connectivity index is 2.12. The molecule has 0 aromatic carbocycles. The van der Waals surface area contributed by atoms with E-state index in [4.69, 9.17) is 4.74 Å². The van der Waals surface area contributed by atoms with E-state index in [1.54, 1.807) is 7.11 Å². The first-order valence-electron chi connectivity index (χ1n) is 4.64. The Morgan fingerprint density at radius 1 is 1.69 bits per heavy atom. The Labute approximate surface area is 77.9 Å². The number of hydrogen-bond acceptors (Lipinski definition) is 3. The lowest BCUT2D eigenvalue weighted by atomic mass is 10.2. The van der Waals surface area contributed by atoms with Crippen molar-refractivity contribution in [2.24, 2.45) is 0 Å². The molecule has 0 bridgehead atoms. The van der Waals surface area contributed by atoms with Crippen molar-refractivity contribution in [3.05, 3.63) is 17.7 Å². The number of hydrogen-bond donors (Lipinski definition) is 1. The monoisotopic (exact) mass is 181 g/mol. The maximum absolute atomic E-state index is 5.04. The number of ether oxygens (including phenoxy) is 1. The lowest BCUT2D eigenvalue weighted by molar-refractivity contribution is 0.186. The highest BCUT2D eigenvalue weighted by Crippen LogP contribution is 2.11. The van der Waals surface area contributed by atoms with Crippen molar-refractivity contribution in [1.29, 1.82) is 0 Å². The molecule has 1 N–H and O–H groups in total. The molecular weight excluding hydrogens is 166 g/mol. The molecule has 0 fully saturated rings. The molecule has 0 unspecified atom stereocenters. The number of aromatic nitrogens is 2. The first-order chi connectivity index (χ1) is 6.42. The van der Waals surface area contributed by atoms with Crippen LogP contribution in [0.25, 0.3) is 0 Å². The van der Waals surface area contributed by atoms with Gasteiger partial charge < -0.3 is 14.6 Å². The molecule has 1 aromatic heterocycles. The molecule has 0 spiro atoms. The van der Waals surface area contributed by atoms with Crippen molar-refractivity contribution in [1.82, 2.24) is 14.9 Å². The summed E-state index contributed by atoms with van der Waals surface area (Å²) < 4.78 is 7.21. The predicted molar refractivity (Wildman–Crippen MR) is 49.5 cm³/mol. The zero-order valence-electron chi connectivity index (χ0n) is 7.92. The summed E-state index contributed by atoms with van der Waals surface area (Å²) in [5.41, 5.74) is 2.57. The molecule has 2 rings (SSSR count). The molecule has 1 aliphatic heterocycles. The standard InChI is InChI=1S/C9H15N3O/c1-13-5-4-12-7-11-8-2-3-10-6-9(8)12/h7,10H,2-6H2,1H3. The average molecular weight is 181 g/mol. The van der Waals surface area contributed by atoms with Crippen LogP contribution in [0.15, 0.2) is 6.33 Å². The Morgan fingerprint density at radius 2 is 2.62 bits per heavy atom. The van der Waals surface area contributed by atoms with Crippen molar-refractivity contribution in [2.75, 3.05) is 20.3 Å². The Kier molecular flexibility index (Phi) is 2.61. The second-order valence-electron chi connectivity index (χ2n) is 3.25. The van der Waals surface area contributed by atoms with Gasteiger partial charge in [0.1, 0.15) is 0 Å². The molecule has 0 radical (unpaired) electrons. The van der Waals surface area contributed by atoms with Gasteiger partial charge in [0.15, 0.2) is 0 Å². The highest BCUT2D eigenvalue weighted by atomic mass is 16.5. The van der Waals surface area contributed by atoms with E-state index in [1.807, 2.05) is 6.33 Å². The fraction of sp³-hybridized carbons (Fsp3) is 0.667. The second kappa shape index (κ2) is 3.89. The molecule has 4 nitrogen and oxygen atoms in total. The zero-order chi connectivity index (χ0) is 9.10. The third-order valence-corrected chi connectivity index (χ3v) is 2.40. The summed E-state index contributed by atoms with van der Waals surface area (Å²) >= 11 is 0. The largest absolute Gasteiger partial charge is 0.383 e. The van der Waals surface area contributed by atoms with Gasteiger partial charge in [-0.3, -0.25) is 0 Å². The summed E-state index contributed by atoms with van der Waals surface area (Å²) in [6, 6.07) is 0. The summed E-state index contributed by atoms with van der Waals surface area (Å²) in [7, 11) is 1.72. The fourth-order valence-corrected chi connectivity index (χ4v) is 1.66. The van der Waals surface area contributed by atoms with E-state index in [2.05, 4.69) is 14.9 Å². The minimum atomic E-state index is 0.753. The molecule has 1 aromatic rings. The number of methoxy groups -OCH3 is 1. The van der Waals surface area contributed by atoms with Crippen molar-refractivity contribution in [3.8, 4) is 0 Å². The van der Waals surface area contributed by atoms with Gasteiger partial charge in [-0.1, -0.05) is 0 Å². The van der Waals surface area contributed by atoms with Crippen LogP contribution in [0.5, 0.6) is 0 Å². The van der Waals surface area contributed by atoms with Crippen molar-refractivity contribution < 1.29 is 4.74 Å². The van der Waals surface area contributed by atoms with Gasteiger partial charge in [-0.25, -0.2) is 4.98 Å². The fourth-order valence-electron chi connectivity index (χ4n) is 1.66. The maximum atomic E-state index is 5.04. The van der Waals surface area contributed by atoms with Crippen LogP contribution >= 0.6 is 0 Å². The molecule has 0 saturated carbocycles. The molecule has 2 heterocycles. The van der Waals surface area contributed by atoms with Gasteiger partial charge in [0.05, 0.1) is 24.3 Å². The summed E-state index contributed by atoms with van der Waals surface area (Å²) in [6.07, 6.45) is 2.96. The molecule has 4 heteroatoms. The van der Waals surface area contributed by atoms with Gasteiger partial charge in [-0.05, 0) is 0 Å². The molecule has 0 aliphatic carbocycles. The van der Waals surface area contributed by atoms with E-state index in [1.165, 1.54) is 11.4 Å². The highest BCUT2D eigenvalue weighted by molar-refractivity contribution is 5.16. The molecule has 0 saturated heterocycles. The van der Waals surface area contributed by atoms with Crippen LogP contribution in [0.2, 0.25) is 0 Å². The predicted octanol–water partition coefficient (Wildman–Crippen LogP) is 0.175. The van der Waals surface area contributed by atoms with Crippen LogP contribution in [0.3, 0.4) is 0 Å². The van der Waals surface area contributed by atoms with E-state index in [9.17, 15) is 0 Å². The SMILES string of the molecule is COCCn1cnc2c1CNCC2. The van der Waals surface area contributed by atoms with Crippen molar-refractivity contribution in [2.45, 2.75) is 19.5 Å². The van der Waals surface area contributed by atoms with Gasteiger partial charge in [-0.15, -0.1) is 0 Å². The highest BCUT2D eigenvalue weighted by Gasteiger charge is 2.13. The van der Waals surface area contributed by atoms with Gasteiger partial charge in [0.2, 0.25) is 0 Å². The molecule has 72 valence electrons. The number of nitrogens with one attached hydrogen (secondary N) is 1. The second-order valence-corrected chi connectivity index (χ2v) is 3.25. The maximum Gasteiger partial charge on any atom is 0.0952 e. The molecule has 0 amide bonds. The zero-order valence-corrected chi connectivity index (χ0v) is 7.92. The number of fused-ring (bicyclic) bond motifs is 1. The van der Waals surface area contributed by atoms with E-state index in [0.29, 0.717) is 0 Å². The minimum Gasteiger partial charge on any atom is -0.383 e. The summed E-state index contributed by atoms with van der Waals surface area (Å²) in [5.74, 6) is 0. The average Bonchev–Trinajstić information content (AvgIpc) is 2.58. The van der Waals surface area contributed by atoms with E-state index in [-0.39, 0.29) is 0 Å². The van der Waals surface area contributed by atoms with Crippen LogP contribution in [0.1, 0.15) is 11.4 Å². The quantitative estimate of drug-likeness (QED) is 0.722. The van der Waals surface area contributed by atoms with Crippen LogP contribution in [-0.4, -0.2) is 29.8 Å². The molecule has 13 heavy (non-hydrogen) atoms. The van der Waals surface area contributed by atoms with Crippen molar-refractivity contribution >= 4 is 0 Å². The Bertz CT molecular complexity index is 282. The number of rotatable bonds is 3. The van der Waals surface area contributed by atoms with E-state index in [0.717, 1.165) is 32.7 Å². The molecule has 0 atom stereocenters. The van der Waals surface area contributed by atoms with Gasteiger partial charge in [-0.2, -0.15) is 0 Å². The molecular formula is C9H15N3O. The summed E-state index contributed by atoms with van der Waals surface area (Å²) in [5, 5.41) is 3.34. The van der Waals surface area contributed by atoms with Crippen LogP contribution < -0.4 is 5.32 Å². The normalized spacial score (nSPS) is 15.8. The molecule has 1 aliphatic rings.